The van der Waals surface area contributed by atoms with Crippen molar-refractivity contribution in [3.05, 3.63) is 32.6 Å². The van der Waals surface area contributed by atoms with Crippen molar-refractivity contribution in [2.45, 2.75) is 39.2 Å². The molecule has 17 heavy (non-hydrogen) atoms. The molecule has 0 atom stereocenters. The summed E-state index contributed by atoms with van der Waals surface area (Å²) >= 11 is 4.15. The smallest absolute Gasteiger partial charge is 0.300 e. The van der Waals surface area contributed by atoms with Crippen LogP contribution in [0.4, 0.5) is 0 Å². The average Bonchev–Trinajstić information content (AvgIpc) is 2.32. The van der Waals surface area contributed by atoms with Gasteiger partial charge in [-0.2, -0.15) is 12.6 Å². The summed E-state index contributed by atoms with van der Waals surface area (Å²) in [7, 11) is 1.52. The monoisotopic (exact) mass is 256 g/mol. The Hall–Kier alpha value is -0.970. The molecule has 0 radical (unpaired) electrons. The minimum Gasteiger partial charge on any atom is -0.300 e. The van der Waals surface area contributed by atoms with E-state index >= 15 is 0 Å². The average molecular weight is 256 g/mol. The van der Waals surface area contributed by atoms with E-state index in [-0.39, 0.29) is 11.2 Å². The molecule has 1 rings (SSSR count). The van der Waals surface area contributed by atoms with Crippen LogP contribution in [0, 0.1) is 6.92 Å². The predicted molar refractivity (Wildman–Crippen MR) is 73.0 cm³/mol. The van der Waals surface area contributed by atoms with Crippen molar-refractivity contribution in [1.82, 2.24) is 9.13 Å². The number of aromatic nitrogens is 2. The summed E-state index contributed by atoms with van der Waals surface area (Å²) in [6.07, 6.45) is 5.97. The third-order valence-electron chi connectivity index (χ3n) is 2.83. The van der Waals surface area contributed by atoms with Crippen molar-refractivity contribution in [3.8, 4) is 0 Å². The van der Waals surface area contributed by atoms with Crippen LogP contribution >= 0.6 is 12.6 Å². The largest absolute Gasteiger partial charge is 0.330 e. The summed E-state index contributed by atoms with van der Waals surface area (Å²) in [5.74, 6) is 0.916. The molecule has 0 aromatic carbocycles. The van der Waals surface area contributed by atoms with Crippen molar-refractivity contribution >= 4 is 12.6 Å². The lowest BCUT2D eigenvalue weighted by Crippen LogP contribution is -2.38. The maximum Gasteiger partial charge on any atom is 0.330 e. The molecule has 0 aliphatic carbocycles. The minimum atomic E-state index is -0.227. The molecule has 0 aliphatic rings. The van der Waals surface area contributed by atoms with E-state index in [0.29, 0.717) is 12.1 Å². The van der Waals surface area contributed by atoms with E-state index in [1.165, 1.54) is 11.6 Å². The van der Waals surface area contributed by atoms with Gasteiger partial charge in [-0.05, 0) is 25.5 Å². The molecule has 0 saturated heterocycles. The zero-order chi connectivity index (χ0) is 12.8. The fourth-order valence-corrected chi connectivity index (χ4v) is 2.02. The van der Waals surface area contributed by atoms with Gasteiger partial charge >= 0.3 is 5.69 Å². The molecule has 0 saturated carbocycles. The van der Waals surface area contributed by atoms with E-state index in [2.05, 4.69) is 12.6 Å². The van der Waals surface area contributed by atoms with E-state index in [9.17, 15) is 9.59 Å². The standard InChI is InChI=1S/C12H20N2O2S/c1-10-9-14(7-5-3-4-6-8-17)12(16)13(2)11(10)15/h9,17H,3-8H2,1-2H3. The van der Waals surface area contributed by atoms with Crippen LogP contribution in [0.25, 0.3) is 0 Å². The van der Waals surface area contributed by atoms with Gasteiger partial charge in [-0.3, -0.25) is 9.36 Å². The number of hydrogen-bond donors (Lipinski definition) is 1. The quantitative estimate of drug-likeness (QED) is 0.617. The molecule has 96 valence electrons. The van der Waals surface area contributed by atoms with Crippen LogP contribution in [0.1, 0.15) is 31.2 Å². The molecule has 0 N–H and O–H groups in total. The van der Waals surface area contributed by atoms with E-state index in [1.54, 1.807) is 17.7 Å². The molecule has 0 unspecified atom stereocenters. The van der Waals surface area contributed by atoms with Crippen LogP contribution in [0.15, 0.2) is 15.8 Å². The van der Waals surface area contributed by atoms with E-state index < -0.39 is 0 Å². The number of rotatable bonds is 6. The molecular formula is C12H20N2O2S. The van der Waals surface area contributed by atoms with Crippen molar-refractivity contribution in [2.75, 3.05) is 5.75 Å². The van der Waals surface area contributed by atoms with Gasteiger partial charge in [0.1, 0.15) is 0 Å². The lowest BCUT2D eigenvalue weighted by molar-refractivity contribution is 0.539. The summed E-state index contributed by atoms with van der Waals surface area (Å²) < 4.78 is 2.79. The highest BCUT2D eigenvalue weighted by Crippen LogP contribution is 2.02. The minimum absolute atomic E-state index is 0.207. The summed E-state index contributed by atoms with van der Waals surface area (Å²) in [4.78, 5) is 23.3. The summed E-state index contributed by atoms with van der Waals surface area (Å²) in [6, 6.07) is 0. The van der Waals surface area contributed by atoms with Gasteiger partial charge in [0, 0.05) is 25.4 Å². The number of aryl methyl sites for hydroxylation is 2. The third kappa shape index (κ3) is 3.77. The molecule has 5 heteroatoms. The van der Waals surface area contributed by atoms with Gasteiger partial charge in [-0.1, -0.05) is 12.8 Å². The summed E-state index contributed by atoms with van der Waals surface area (Å²) in [5.41, 5.74) is 0.179. The molecule has 4 nitrogen and oxygen atoms in total. The maximum absolute atomic E-state index is 11.8. The van der Waals surface area contributed by atoms with Gasteiger partial charge in [0.25, 0.3) is 5.56 Å². The van der Waals surface area contributed by atoms with Crippen molar-refractivity contribution in [1.29, 1.82) is 0 Å². The maximum atomic E-state index is 11.8. The Balaban J connectivity index is 2.66. The first kappa shape index (κ1) is 14.1. The Bertz CT molecular complexity index is 476. The third-order valence-corrected chi connectivity index (χ3v) is 3.15. The first-order valence-electron chi connectivity index (χ1n) is 5.96. The molecule has 1 aromatic heterocycles. The van der Waals surface area contributed by atoms with Crippen LogP contribution in [0.5, 0.6) is 0 Å². The van der Waals surface area contributed by atoms with Gasteiger partial charge in [0.2, 0.25) is 0 Å². The highest BCUT2D eigenvalue weighted by atomic mass is 32.1. The molecule has 0 fully saturated rings. The molecule has 1 aromatic rings. The SMILES string of the molecule is Cc1cn(CCCCCCS)c(=O)n(C)c1=O. The Morgan fingerprint density at radius 3 is 2.47 bits per heavy atom. The first-order chi connectivity index (χ1) is 8.07. The van der Waals surface area contributed by atoms with Gasteiger partial charge in [-0.25, -0.2) is 4.79 Å². The summed E-state index contributed by atoms with van der Waals surface area (Å²) in [5, 5.41) is 0. The van der Waals surface area contributed by atoms with E-state index in [1.807, 2.05) is 0 Å². The van der Waals surface area contributed by atoms with Crippen molar-refractivity contribution < 1.29 is 0 Å². The molecule has 0 bridgehead atoms. The summed E-state index contributed by atoms with van der Waals surface area (Å²) in [6.45, 7) is 2.42. The lowest BCUT2D eigenvalue weighted by atomic mass is 10.2. The van der Waals surface area contributed by atoms with Crippen LogP contribution in [-0.4, -0.2) is 14.9 Å². The van der Waals surface area contributed by atoms with E-state index in [0.717, 1.165) is 31.4 Å². The Labute approximate surface area is 107 Å². The van der Waals surface area contributed by atoms with E-state index in [4.69, 9.17) is 0 Å². The topological polar surface area (TPSA) is 44.0 Å². The fourth-order valence-electron chi connectivity index (χ4n) is 1.80. The number of thiol groups is 1. The zero-order valence-electron chi connectivity index (χ0n) is 10.5. The zero-order valence-corrected chi connectivity index (χ0v) is 11.4. The number of hydrogen-bond acceptors (Lipinski definition) is 3. The Morgan fingerprint density at radius 2 is 1.82 bits per heavy atom. The van der Waals surface area contributed by atoms with Gasteiger partial charge in [0.05, 0.1) is 0 Å². The first-order valence-corrected chi connectivity index (χ1v) is 6.59. The molecule has 1 heterocycles. The number of unbranched alkanes of at least 4 members (excludes halogenated alkanes) is 3. The second-order valence-electron chi connectivity index (χ2n) is 4.29. The van der Waals surface area contributed by atoms with Crippen LogP contribution in [0.3, 0.4) is 0 Å². The van der Waals surface area contributed by atoms with Crippen molar-refractivity contribution in [2.24, 2.45) is 7.05 Å². The van der Waals surface area contributed by atoms with Crippen molar-refractivity contribution in [3.63, 3.8) is 0 Å². The van der Waals surface area contributed by atoms with Crippen LogP contribution in [0.2, 0.25) is 0 Å². The normalized spacial score (nSPS) is 10.8. The molecule has 0 spiro atoms. The molecular weight excluding hydrogens is 236 g/mol. The highest BCUT2D eigenvalue weighted by molar-refractivity contribution is 7.80. The predicted octanol–water partition coefficient (Wildman–Crippen LogP) is 1.35. The van der Waals surface area contributed by atoms with Gasteiger partial charge < -0.3 is 4.57 Å². The fraction of sp³-hybridized carbons (Fsp3) is 0.667. The lowest BCUT2D eigenvalue weighted by Gasteiger charge is -2.08. The molecule has 0 amide bonds. The highest BCUT2D eigenvalue weighted by Gasteiger charge is 2.04. The van der Waals surface area contributed by atoms with Crippen LogP contribution < -0.4 is 11.2 Å². The second-order valence-corrected chi connectivity index (χ2v) is 4.74. The Morgan fingerprint density at radius 1 is 1.18 bits per heavy atom. The van der Waals surface area contributed by atoms with Crippen LogP contribution in [-0.2, 0) is 13.6 Å². The molecule has 0 aliphatic heterocycles. The second kappa shape index (κ2) is 6.69. The Kier molecular flexibility index (Phi) is 5.55. The van der Waals surface area contributed by atoms with Gasteiger partial charge in [0.15, 0.2) is 0 Å². The van der Waals surface area contributed by atoms with Gasteiger partial charge in [-0.15, -0.1) is 0 Å². The number of nitrogens with zero attached hydrogens (tertiary/aromatic N) is 2.